The van der Waals surface area contributed by atoms with Crippen LogP contribution in [-0.4, -0.2) is 68.0 Å². The summed E-state index contributed by atoms with van der Waals surface area (Å²) in [7, 11) is 4.46. The Balaban J connectivity index is 1.62. The van der Waals surface area contributed by atoms with Gasteiger partial charge >= 0.3 is 5.97 Å². The van der Waals surface area contributed by atoms with Crippen molar-refractivity contribution in [3.05, 3.63) is 59.7 Å². The molecule has 0 radical (unpaired) electrons. The van der Waals surface area contributed by atoms with E-state index in [-0.39, 0.29) is 30.9 Å². The normalized spacial score (nSPS) is 15.5. The van der Waals surface area contributed by atoms with Crippen LogP contribution in [0.15, 0.2) is 48.5 Å². The van der Waals surface area contributed by atoms with E-state index >= 15 is 0 Å². The number of carbonyl (C=O) groups excluding carboxylic acids is 3. The van der Waals surface area contributed by atoms with Crippen molar-refractivity contribution < 1.29 is 23.9 Å². The highest BCUT2D eigenvalue weighted by Gasteiger charge is 2.33. The highest BCUT2D eigenvalue weighted by atomic mass is 16.5. The summed E-state index contributed by atoms with van der Waals surface area (Å²) < 4.78 is 10.1. The van der Waals surface area contributed by atoms with Crippen LogP contribution in [0.1, 0.15) is 11.1 Å². The van der Waals surface area contributed by atoms with E-state index in [1.807, 2.05) is 24.3 Å². The van der Waals surface area contributed by atoms with Gasteiger partial charge in [0.05, 0.1) is 27.3 Å². The number of likely N-dealkylation sites (N-methyl/N-ethyl adjacent to an activating group) is 1. The summed E-state index contributed by atoms with van der Waals surface area (Å²) in [4.78, 5) is 40.6. The summed E-state index contributed by atoms with van der Waals surface area (Å²) in [5, 5.41) is 2.75. The number of nitrogens with zero attached hydrogens (tertiary/aromatic N) is 2. The van der Waals surface area contributed by atoms with E-state index in [2.05, 4.69) is 5.32 Å². The molecule has 8 nitrogen and oxygen atoms in total. The van der Waals surface area contributed by atoms with Crippen molar-refractivity contribution in [3.63, 3.8) is 0 Å². The maximum atomic E-state index is 12.8. The smallest absolute Gasteiger partial charge is 0.323 e. The first kappa shape index (κ1) is 22.3. The molecule has 0 fully saturated rings. The number of fused-ring (bicyclic) bond motifs is 1. The van der Waals surface area contributed by atoms with E-state index in [9.17, 15) is 14.4 Å². The molecule has 0 saturated carbocycles. The molecule has 0 saturated heterocycles. The van der Waals surface area contributed by atoms with E-state index in [0.717, 1.165) is 11.1 Å². The Hall–Kier alpha value is -3.39. The molecule has 1 aliphatic rings. The molecule has 3 rings (SSSR count). The SMILES string of the molecule is COC(=O)[C@H]1Cc2ccccc2CN1CC(=O)N(C)CC(=O)Nc1cccc(OC)c1. The molecule has 0 spiro atoms. The Labute approximate surface area is 181 Å². The van der Waals surface area contributed by atoms with Crippen LogP contribution in [0.4, 0.5) is 5.69 Å². The maximum Gasteiger partial charge on any atom is 0.323 e. The van der Waals surface area contributed by atoms with Gasteiger partial charge in [-0.3, -0.25) is 19.3 Å². The molecule has 164 valence electrons. The van der Waals surface area contributed by atoms with Crippen LogP contribution in [0.5, 0.6) is 5.75 Å². The lowest BCUT2D eigenvalue weighted by molar-refractivity contribution is -0.149. The molecule has 0 aromatic heterocycles. The van der Waals surface area contributed by atoms with Crippen molar-refractivity contribution in [3.8, 4) is 5.75 Å². The molecular weight excluding hydrogens is 398 g/mol. The summed E-state index contributed by atoms with van der Waals surface area (Å²) in [6.07, 6.45) is 0.482. The van der Waals surface area contributed by atoms with Gasteiger partial charge in [0.25, 0.3) is 0 Å². The molecule has 2 aromatic rings. The first-order valence-electron chi connectivity index (χ1n) is 9.97. The van der Waals surface area contributed by atoms with Crippen LogP contribution >= 0.6 is 0 Å². The number of hydrogen-bond acceptors (Lipinski definition) is 6. The third-order valence-electron chi connectivity index (χ3n) is 5.32. The van der Waals surface area contributed by atoms with E-state index in [1.54, 1.807) is 43.3 Å². The second-order valence-corrected chi connectivity index (χ2v) is 7.45. The van der Waals surface area contributed by atoms with Crippen molar-refractivity contribution in [2.45, 2.75) is 19.0 Å². The molecule has 8 heteroatoms. The van der Waals surface area contributed by atoms with Gasteiger partial charge in [-0.2, -0.15) is 0 Å². The summed E-state index contributed by atoms with van der Waals surface area (Å²) in [5.41, 5.74) is 2.74. The average molecular weight is 425 g/mol. The number of methoxy groups -OCH3 is 2. The zero-order valence-corrected chi connectivity index (χ0v) is 18.0. The molecular formula is C23H27N3O5. The third kappa shape index (κ3) is 5.61. The first-order chi connectivity index (χ1) is 14.9. The molecule has 0 unspecified atom stereocenters. The lowest BCUT2D eigenvalue weighted by atomic mass is 9.94. The number of nitrogens with one attached hydrogen (secondary N) is 1. The van der Waals surface area contributed by atoms with E-state index in [1.165, 1.54) is 12.0 Å². The number of anilines is 1. The van der Waals surface area contributed by atoms with Crippen molar-refractivity contribution in [1.29, 1.82) is 0 Å². The average Bonchev–Trinajstić information content (AvgIpc) is 2.78. The van der Waals surface area contributed by atoms with Gasteiger partial charge in [0.2, 0.25) is 11.8 Å². The molecule has 1 heterocycles. The predicted molar refractivity (Wildman–Crippen MR) is 116 cm³/mol. The Morgan fingerprint density at radius 2 is 1.84 bits per heavy atom. The zero-order valence-electron chi connectivity index (χ0n) is 18.0. The molecule has 1 atom stereocenters. The number of benzene rings is 2. The number of carbonyl (C=O) groups is 3. The monoisotopic (exact) mass is 425 g/mol. The van der Waals surface area contributed by atoms with Gasteiger partial charge < -0.3 is 19.7 Å². The Bertz CT molecular complexity index is 962. The van der Waals surface area contributed by atoms with Crippen molar-refractivity contribution in [1.82, 2.24) is 9.80 Å². The van der Waals surface area contributed by atoms with Gasteiger partial charge in [0, 0.05) is 25.3 Å². The number of amides is 2. The Kier molecular flexibility index (Phi) is 7.25. The maximum absolute atomic E-state index is 12.8. The second kappa shape index (κ2) is 10.1. The van der Waals surface area contributed by atoms with E-state index in [4.69, 9.17) is 9.47 Å². The van der Waals surface area contributed by atoms with Crippen LogP contribution in [0, 0.1) is 0 Å². The number of rotatable bonds is 7. The summed E-state index contributed by atoms with van der Waals surface area (Å²) >= 11 is 0. The molecule has 1 aliphatic heterocycles. The standard InChI is InChI=1S/C23H27N3O5/c1-25(14-21(27)24-18-9-6-10-19(12-18)30-2)22(28)15-26-13-17-8-5-4-7-16(17)11-20(26)23(29)31-3/h4-10,12,20H,11,13-15H2,1-3H3,(H,24,27)/t20-/m1/s1. The second-order valence-electron chi connectivity index (χ2n) is 7.45. The minimum absolute atomic E-state index is 0.0110. The van der Waals surface area contributed by atoms with Gasteiger partial charge in [-0.05, 0) is 29.7 Å². The zero-order chi connectivity index (χ0) is 22.4. The molecule has 1 N–H and O–H groups in total. The van der Waals surface area contributed by atoms with Crippen molar-refractivity contribution in [2.75, 3.05) is 39.7 Å². The minimum Gasteiger partial charge on any atom is -0.497 e. The Morgan fingerprint density at radius 3 is 2.55 bits per heavy atom. The number of esters is 1. The quantitative estimate of drug-likeness (QED) is 0.680. The molecule has 2 amide bonds. The lowest BCUT2D eigenvalue weighted by Crippen LogP contribution is -2.50. The van der Waals surface area contributed by atoms with Crippen LogP contribution in [0.3, 0.4) is 0 Å². The topological polar surface area (TPSA) is 88.2 Å². The molecule has 0 aliphatic carbocycles. The Morgan fingerprint density at radius 1 is 1.10 bits per heavy atom. The predicted octanol–water partition coefficient (Wildman–Crippen LogP) is 1.69. The van der Waals surface area contributed by atoms with Gasteiger partial charge in [-0.25, -0.2) is 0 Å². The fourth-order valence-electron chi connectivity index (χ4n) is 3.61. The highest BCUT2D eigenvalue weighted by molar-refractivity contribution is 5.95. The van der Waals surface area contributed by atoms with E-state index in [0.29, 0.717) is 24.4 Å². The van der Waals surface area contributed by atoms with Crippen LogP contribution in [0.25, 0.3) is 0 Å². The molecule has 0 bridgehead atoms. The van der Waals surface area contributed by atoms with Gasteiger partial charge in [-0.1, -0.05) is 30.3 Å². The highest BCUT2D eigenvalue weighted by Crippen LogP contribution is 2.24. The molecule has 2 aromatic carbocycles. The first-order valence-corrected chi connectivity index (χ1v) is 9.97. The number of hydrogen-bond donors (Lipinski definition) is 1. The summed E-state index contributed by atoms with van der Waals surface area (Å²) in [6, 6.07) is 14.3. The van der Waals surface area contributed by atoms with Crippen LogP contribution in [0.2, 0.25) is 0 Å². The lowest BCUT2D eigenvalue weighted by Gasteiger charge is -2.35. The van der Waals surface area contributed by atoms with Crippen molar-refractivity contribution >= 4 is 23.5 Å². The largest absolute Gasteiger partial charge is 0.497 e. The fourth-order valence-corrected chi connectivity index (χ4v) is 3.61. The minimum atomic E-state index is -0.539. The van der Waals surface area contributed by atoms with E-state index < -0.39 is 6.04 Å². The van der Waals surface area contributed by atoms with Crippen LogP contribution in [-0.2, 0) is 32.1 Å². The van der Waals surface area contributed by atoms with Crippen molar-refractivity contribution in [2.24, 2.45) is 0 Å². The third-order valence-corrected chi connectivity index (χ3v) is 5.32. The van der Waals surface area contributed by atoms with Gasteiger partial charge in [0.1, 0.15) is 11.8 Å². The van der Waals surface area contributed by atoms with Gasteiger partial charge in [-0.15, -0.1) is 0 Å². The summed E-state index contributed by atoms with van der Waals surface area (Å²) in [6.45, 7) is 0.367. The van der Waals surface area contributed by atoms with Gasteiger partial charge in [0.15, 0.2) is 0 Å². The molecule has 31 heavy (non-hydrogen) atoms. The van der Waals surface area contributed by atoms with Crippen LogP contribution < -0.4 is 10.1 Å². The summed E-state index contributed by atoms with van der Waals surface area (Å²) in [5.74, 6) is -0.325. The fraction of sp³-hybridized carbons (Fsp3) is 0.348. The number of ether oxygens (including phenoxy) is 2.